The van der Waals surface area contributed by atoms with Crippen molar-refractivity contribution in [1.82, 2.24) is 9.78 Å². The summed E-state index contributed by atoms with van der Waals surface area (Å²) >= 11 is 5.65. The summed E-state index contributed by atoms with van der Waals surface area (Å²) in [6, 6.07) is 4.58. The Balaban J connectivity index is 2.53. The average Bonchev–Trinajstić information content (AvgIpc) is 2.77. The van der Waals surface area contributed by atoms with E-state index in [1.54, 1.807) is 0 Å². The number of aromatic carboxylic acids is 1. The lowest BCUT2D eigenvalue weighted by Gasteiger charge is -2.07. The highest BCUT2D eigenvalue weighted by Crippen LogP contribution is 2.28. The molecule has 2 rings (SSSR count). The van der Waals surface area contributed by atoms with E-state index in [0.29, 0.717) is 0 Å². The largest absolute Gasteiger partial charge is 0.478 e. The van der Waals surface area contributed by atoms with Gasteiger partial charge in [-0.1, -0.05) is 11.6 Å². The van der Waals surface area contributed by atoms with Crippen LogP contribution in [0, 0.1) is 0 Å². The highest BCUT2D eigenvalue weighted by molar-refractivity contribution is 6.31. The summed E-state index contributed by atoms with van der Waals surface area (Å²) in [5.74, 6) is -1.30. The molecule has 0 amide bonds. The number of nitrogens with zero attached hydrogens (tertiary/aromatic N) is 2. The van der Waals surface area contributed by atoms with Gasteiger partial charge in [0.2, 0.25) is 0 Å². The van der Waals surface area contributed by atoms with Crippen molar-refractivity contribution in [3.63, 3.8) is 0 Å². The first-order chi connectivity index (χ1) is 8.79. The lowest BCUT2D eigenvalue weighted by atomic mass is 10.2. The van der Waals surface area contributed by atoms with E-state index in [9.17, 15) is 18.0 Å². The molecule has 1 aromatic carbocycles. The molecular formula is C11H6ClF3N2O2. The molecule has 0 atom stereocenters. The number of halogens is 4. The summed E-state index contributed by atoms with van der Waals surface area (Å²) in [5, 5.41) is 12.5. The molecule has 1 aromatic heterocycles. The monoisotopic (exact) mass is 290 g/mol. The van der Waals surface area contributed by atoms with E-state index >= 15 is 0 Å². The van der Waals surface area contributed by atoms with Crippen LogP contribution in [0.3, 0.4) is 0 Å². The minimum atomic E-state index is -4.58. The summed E-state index contributed by atoms with van der Waals surface area (Å²) in [4.78, 5) is 11.0. The molecule has 19 heavy (non-hydrogen) atoms. The van der Waals surface area contributed by atoms with Crippen LogP contribution < -0.4 is 0 Å². The Hall–Kier alpha value is -2.02. The van der Waals surface area contributed by atoms with Gasteiger partial charge >= 0.3 is 12.1 Å². The molecular weight excluding hydrogens is 285 g/mol. The fourth-order valence-electron chi connectivity index (χ4n) is 1.49. The second kappa shape index (κ2) is 4.58. The van der Waals surface area contributed by atoms with E-state index in [0.717, 1.165) is 23.0 Å². The topological polar surface area (TPSA) is 55.1 Å². The predicted octanol–water partition coefficient (Wildman–Crippen LogP) is 3.24. The standard InChI is InChI=1S/C11H6ClF3N2O2/c12-6-1-2-8(7(5-6)10(18)19)17-4-3-9(16-17)11(13,14)15/h1-5H,(H,18,19). The van der Waals surface area contributed by atoms with E-state index in [1.165, 1.54) is 12.1 Å². The third kappa shape index (κ3) is 2.70. The number of hydrogen-bond acceptors (Lipinski definition) is 2. The molecule has 1 heterocycles. The van der Waals surface area contributed by atoms with Crippen molar-refractivity contribution in [2.24, 2.45) is 0 Å². The highest BCUT2D eigenvalue weighted by Gasteiger charge is 2.33. The van der Waals surface area contributed by atoms with Crippen molar-refractivity contribution in [2.75, 3.05) is 0 Å². The molecule has 0 unspecified atom stereocenters. The fraction of sp³-hybridized carbons (Fsp3) is 0.0909. The Bertz CT molecular complexity index is 637. The van der Waals surface area contributed by atoms with Gasteiger partial charge in [0.1, 0.15) is 0 Å². The van der Waals surface area contributed by atoms with Crippen molar-refractivity contribution in [1.29, 1.82) is 0 Å². The minimum Gasteiger partial charge on any atom is -0.478 e. The molecule has 2 aromatic rings. The molecule has 0 spiro atoms. The number of carboxylic acids is 1. The summed E-state index contributed by atoms with van der Waals surface area (Å²) < 4.78 is 38.1. The molecule has 4 nitrogen and oxygen atoms in total. The highest BCUT2D eigenvalue weighted by atomic mass is 35.5. The number of alkyl halides is 3. The van der Waals surface area contributed by atoms with Crippen LogP contribution in [0.25, 0.3) is 5.69 Å². The van der Waals surface area contributed by atoms with E-state index in [1.807, 2.05) is 0 Å². The maximum atomic E-state index is 12.4. The zero-order valence-electron chi connectivity index (χ0n) is 9.15. The summed E-state index contributed by atoms with van der Waals surface area (Å²) in [6.45, 7) is 0. The first-order valence-electron chi connectivity index (χ1n) is 4.95. The van der Waals surface area contributed by atoms with Crippen LogP contribution in [-0.4, -0.2) is 20.9 Å². The molecule has 0 radical (unpaired) electrons. The zero-order chi connectivity index (χ0) is 14.2. The zero-order valence-corrected chi connectivity index (χ0v) is 9.90. The Kier molecular flexibility index (Phi) is 3.23. The Morgan fingerprint density at radius 3 is 2.53 bits per heavy atom. The van der Waals surface area contributed by atoms with Crippen LogP contribution >= 0.6 is 11.6 Å². The molecule has 8 heteroatoms. The van der Waals surface area contributed by atoms with Gasteiger partial charge in [0.25, 0.3) is 0 Å². The lowest BCUT2D eigenvalue weighted by molar-refractivity contribution is -0.141. The second-order valence-electron chi connectivity index (χ2n) is 3.61. The van der Waals surface area contributed by atoms with E-state index in [2.05, 4.69) is 5.10 Å². The Labute approximate surface area is 110 Å². The van der Waals surface area contributed by atoms with Crippen molar-refractivity contribution in [3.8, 4) is 5.69 Å². The molecule has 0 aliphatic heterocycles. The van der Waals surface area contributed by atoms with Gasteiger partial charge in [0.05, 0.1) is 11.3 Å². The predicted molar refractivity (Wildman–Crippen MR) is 60.5 cm³/mol. The van der Waals surface area contributed by atoms with Gasteiger partial charge in [-0.25, -0.2) is 9.48 Å². The number of rotatable bonds is 2. The smallest absolute Gasteiger partial charge is 0.435 e. The van der Waals surface area contributed by atoms with Gasteiger partial charge in [-0.15, -0.1) is 0 Å². The number of hydrogen-bond donors (Lipinski definition) is 1. The van der Waals surface area contributed by atoms with Crippen LogP contribution in [0.1, 0.15) is 16.1 Å². The van der Waals surface area contributed by atoms with Crippen molar-refractivity contribution in [2.45, 2.75) is 6.18 Å². The van der Waals surface area contributed by atoms with E-state index in [4.69, 9.17) is 16.7 Å². The molecule has 0 saturated heterocycles. The van der Waals surface area contributed by atoms with Crippen molar-refractivity contribution < 1.29 is 23.1 Å². The van der Waals surface area contributed by atoms with Gasteiger partial charge in [-0.3, -0.25) is 0 Å². The van der Waals surface area contributed by atoms with Crippen LogP contribution in [0.15, 0.2) is 30.5 Å². The summed E-state index contributed by atoms with van der Waals surface area (Å²) in [7, 11) is 0. The maximum absolute atomic E-state index is 12.4. The SMILES string of the molecule is O=C(O)c1cc(Cl)ccc1-n1ccc(C(F)(F)F)n1. The second-order valence-corrected chi connectivity index (χ2v) is 4.05. The third-order valence-corrected chi connectivity index (χ3v) is 2.55. The molecule has 0 fully saturated rings. The van der Waals surface area contributed by atoms with E-state index < -0.39 is 17.8 Å². The summed E-state index contributed by atoms with van der Waals surface area (Å²) in [5.41, 5.74) is -1.32. The van der Waals surface area contributed by atoms with Gasteiger partial charge in [0, 0.05) is 11.2 Å². The van der Waals surface area contributed by atoms with Crippen LogP contribution in [0.5, 0.6) is 0 Å². The number of benzene rings is 1. The first-order valence-corrected chi connectivity index (χ1v) is 5.33. The normalized spacial score (nSPS) is 11.6. The van der Waals surface area contributed by atoms with E-state index in [-0.39, 0.29) is 16.3 Å². The van der Waals surface area contributed by atoms with Gasteiger partial charge < -0.3 is 5.11 Å². The molecule has 0 aliphatic carbocycles. The number of carbonyl (C=O) groups is 1. The van der Waals surface area contributed by atoms with Crippen LogP contribution in [-0.2, 0) is 6.18 Å². The van der Waals surface area contributed by atoms with Gasteiger partial charge in [-0.05, 0) is 24.3 Å². The lowest BCUT2D eigenvalue weighted by Crippen LogP contribution is -2.09. The first kappa shape index (κ1) is 13.4. The van der Waals surface area contributed by atoms with Crippen molar-refractivity contribution >= 4 is 17.6 Å². The number of carboxylic acid groups (broad SMARTS) is 1. The molecule has 0 bridgehead atoms. The third-order valence-electron chi connectivity index (χ3n) is 2.32. The van der Waals surface area contributed by atoms with Gasteiger partial charge in [-0.2, -0.15) is 18.3 Å². The Morgan fingerprint density at radius 2 is 2.00 bits per heavy atom. The molecule has 0 aliphatic rings. The molecule has 100 valence electrons. The maximum Gasteiger partial charge on any atom is 0.435 e. The van der Waals surface area contributed by atoms with Crippen LogP contribution in [0.4, 0.5) is 13.2 Å². The average molecular weight is 291 g/mol. The molecule has 1 N–H and O–H groups in total. The number of aromatic nitrogens is 2. The van der Waals surface area contributed by atoms with Crippen molar-refractivity contribution in [3.05, 3.63) is 46.7 Å². The Morgan fingerprint density at radius 1 is 1.32 bits per heavy atom. The minimum absolute atomic E-state index is 0.00685. The van der Waals surface area contributed by atoms with Gasteiger partial charge in [0.15, 0.2) is 5.69 Å². The van der Waals surface area contributed by atoms with Crippen LogP contribution in [0.2, 0.25) is 5.02 Å². The quantitative estimate of drug-likeness (QED) is 0.924. The summed E-state index contributed by atoms with van der Waals surface area (Å²) in [6.07, 6.45) is -3.54. The fourth-order valence-corrected chi connectivity index (χ4v) is 1.66. The molecule has 0 saturated carbocycles.